The van der Waals surface area contributed by atoms with E-state index in [9.17, 15) is 24.5 Å². The third kappa shape index (κ3) is 8.95. The standard InChI is InChI=1S/C19H27N3O6S/c1-5-13(4)20-19(25)21-17(23)11-28-18(24)14-6-7-16(15(10-14)22(26)27)29-9-8-12(2)3/h6-7,10,12-13H,5,8-9,11H2,1-4H3,(H2,20,21,23,25)/t13-/m1/s1. The van der Waals surface area contributed by atoms with Crippen LogP contribution in [-0.4, -0.2) is 41.2 Å². The number of benzene rings is 1. The van der Waals surface area contributed by atoms with Gasteiger partial charge in [0, 0.05) is 12.1 Å². The Balaban J connectivity index is 2.67. The number of thioether (sulfide) groups is 1. The number of esters is 1. The number of nitro groups is 1. The van der Waals surface area contributed by atoms with Gasteiger partial charge < -0.3 is 10.1 Å². The Morgan fingerprint density at radius 2 is 1.93 bits per heavy atom. The molecule has 0 radical (unpaired) electrons. The summed E-state index contributed by atoms with van der Waals surface area (Å²) in [6, 6.07) is 3.26. The minimum atomic E-state index is -0.885. The predicted molar refractivity (Wildman–Crippen MR) is 110 cm³/mol. The lowest BCUT2D eigenvalue weighted by atomic mass is 10.2. The van der Waals surface area contributed by atoms with Gasteiger partial charge in [-0.15, -0.1) is 11.8 Å². The molecule has 10 heteroatoms. The summed E-state index contributed by atoms with van der Waals surface area (Å²) in [6.45, 7) is 7.12. The van der Waals surface area contributed by atoms with Gasteiger partial charge in [-0.1, -0.05) is 20.8 Å². The van der Waals surface area contributed by atoms with Crippen LogP contribution in [0, 0.1) is 16.0 Å². The largest absolute Gasteiger partial charge is 0.452 e. The van der Waals surface area contributed by atoms with Crippen LogP contribution in [0.3, 0.4) is 0 Å². The molecule has 0 saturated carbocycles. The van der Waals surface area contributed by atoms with E-state index < -0.39 is 29.4 Å². The zero-order valence-electron chi connectivity index (χ0n) is 17.0. The Bertz CT molecular complexity index is 753. The molecule has 1 rings (SSSR count). The van der Waals surface area contributed by atoms with Crippen LogP contribution >= 0.6 is 11.8 Å². The van der Waals surface area contributed by atoms with Crippen molar-refractivity contribution in [1.29, 1.82) is 0 Å². The fourth-order valence-corrected chi connectivity index (χ4v) is 3.31. The molecule has 0 aliphatic rings. The number of carbonyl (C=O) groups is 3. The summed E-state index contributed by atoms with van der Waals surface area (Å²) in [5.41, 5.74) is -0.229. The molecule has 0 unspecified atom stereocenters. The number of ether oxygens (including phenoxy) is 1. The second-order valence-corrected chi connectivity index (χ2v) is 8.01. The van der Waals surface area contributed by atoms with Gasteiger partial charge in [0.25, 0.3) is 11.6 Å². The number of nitro benzene ring substituents is 1. The molecular weight excluding hydrogens is 398 g/mol. The Morgan fingerprint density at radius 3 is 2.52 bits per heavy atom. The number of nitrogens with zero attached hydrogens (tertiary/aromatic N) is 1. The van der Waals surface area contributed by atoms with Gasteiger partial charge in [0.05, 0.1) is 15.4 Å². The van der Waals surface area contributed by atoms with Gasteiger partial charge in [0.1, 0.15) is 0 Å². The molecule has 0 aromatic heterocycles. The fraction of sp³-hybridized carbons (Fsp3) is 0.526. The molecule has 0 heterocycles. The van der Waals surface area contributed by atoms with Crippen LogP contribution < -0.4 is 10.6 Å². The van der Waals surface area contributed by atoms with Crippen LogP contribution in [0.15, 0.2) is 23.1 Å². The van der Waals surface area contributed by atoms with E-state index in [0.717, 1.165) is 18.2 Å². The summed E-state index contributed by atoms with van der Waals surface area (Å²) >= 11 is 1.35. The number of nitrogens with one attached hydrogen (secondary N) is 2. The highest BCUT2D eigenvalue weighted by Gasteiger charge is 2.20. The van der Waals surface area contributed by atoms with Crippen molar-refractivity contribution in [2.75, 3.05) is 12.4 Å². The first-order chi connectivity index (χ1) is 13.6. The lowest BCUT2D eigenvalue weighted by Crippen LogP contribution is -2.44. The van der Waals surface area contributed by atoms with E-state index >= 15 is 0 Å². The highest BCUT2D eigenvalue weighted by molar-refractivity contribution is 7.99. The smallest absolute Gasteiger partial charge is 0.338 e. The highest BCUT2D eigenvalue weighted by Crippen LogP contribution is 2.31. The zero-order valence-corrected chi connectivity index (χ0v) is 17.8. The number of carbonyl (C=O) groups excluding carboxylic acids is 3. The number of rotatable bonds is 10. The van der Waals surface area contributed by atoms with Gasteiger partial charge >= 0.3 is 12.0 Å². The van der Waals surface area contributed by atoms with E-state index in [2.05, 4.69) is 19.2 Å². The minimum Gasteiger partial charge on any atom is -0.452 e. The van der Waals surface area contributed by atoms with Crippen molar-refractivity contribution in [2.24, 2.45) is 5.92 Å². The maximum atomic E-state index is 12.1. The first-order valence-electron chi connectivity index (χ1n) is 9.32. The van der Waals surface area contributed by atoms with E-state index in [4.69, 9.17) is 4.74 Å². The molecule has 1 atom stereocenters. The lowest BCUT2D eigenvalue weighted by molar-refractivity contribution is -0.387. The van der Waals surface area contributed by atoms with E-state index in [1.165, 1.54) is 23.9 Å². The Hall–Kier alpha value is -2.62. The van der Waals surface area contributed by atoms with Gasteiger partial charge in [-0.25, -0.2) is 9.59 Å². The van der Waals surface area contributed by atoms with Crippen molar-refractivity contribution in [3.63, 3.8) is 0 Å². The van der Waals surface area contributed by atoms with E-state index in [0.29, 0.717) is 17.2 Å². The topological polar surface area (TPSA) is 128 Å². The predicted octanol–water partition coefficient (Wildman–Crippen LogP) is 3.51. The van der Waals surface area contributed by atoms with Crippen molar-refractivity contribution in [1.82, 2.24) is 10.6 Å². The zero-order chi connectivity index (χ0) is 22.0. The van der Waals surface area contributed by atoms with Gasteiger partial charge in [0.2, 0.25) is 0 Å². The summed E-state index contributed by atoms with van der Waals surface area (Å²) < 4.78 is 4.85. The first kappa shape index (κ1) is 24.4. The maximum absolute atomic E-state index is 12.1. The van der Waals surface area contributed by atoms with Crippen molar-refractivity contribution < 1.29 is 24.0 Å². The Labute approximate surface area is 174 Å². The third-order valence-electron chi connectivity index (χ3n) is 3.92. The first-order valence-corrected chi connectivity index (χ1v) is 10.3. The van der Waals surface area contributed by atoms with Crippen LogP contribution in [-0.2, 0) is 9.53 Å². The lowest BCUT2D eigenvalue weighted by Gasteiger charge is -2.12. The van der Waals surface area contributed by atoms with Crippen LogP contribution in [0.5, 0.6) is 0 Å². The quantitative estimate of drug-likeness (QED) is 0.254. The van der Waals surface area contributed by atoms with Crippen LogP contribution in [0.1, 0.15) is 50.9 Å². The van der Waals surface area contributed by atoms with Crippen LogP contribution in [0.4, 0.5) is 10.5 Å². The molecule has 0 fully saturated rings. The normalized spacial score (nSPS) is 11.6. The molecule has 0 aliphatic carbocycles. The average molecular weight is 426 g/mol. The van der Waals surface area contributed by atoms with Gasteiger partial charge in [-0.3, -0.25) is 20.2 Å². The molecule has 1 aromatic carbocycles. The molecule has 0 aliphatic heterocycles. The molecule has 160 valence electrons. The van der Waals surface area contributed by atoms with Crippen LogP contribution in [0.25, 0.3) is 0 Å². The summed E-state index contributed by atoms with van der Waals surface area (Å²) in [4.78, 5) is 46.6. The third-order valence-corrected chi connectivity index (χ3v) is 5.02. The second-order valence-electron chi connectivity index (χ2n) is 6.88. The summed E-state index contributed by atoms with van der Waals surface area (Å²) in [5.74, 6) is -0.477. The monoisotopic (exact) mass is 425 g/mol. The van der Waals surface area contributed by atoms with Gasteiger partial charge in [-0.05, 0) is 43.6 Å². The molecule has 1 aromatic rings. The average Bonchev–Trinajstić information content (AvgIpc) is 2.65. The van der Waals surface area contributed by atoms with Crippen LogP contribution in [0.2, 0.25) is 0 Å². The van der Waals surface area contributed by atoms with Gasteiger partial charge in [0.15, 0.2) is 6.61 Å². The van der Waals surface area contributed by atoms with Crippen molar-refractivity contribution in [2.45, 2.75) is 51.5 Å². The molecule has 3 amide bonds. The van der Waals surface area contributed by atoms with Gasteiger partial charge in [-0.2, -0.15) is 0 Å². The Kier molecular flexibility index (Phi) is 10.1. The van der Waals surface area contributed by atoms with E-state index in [-0.39, 0.29) is 17.3 Å². The number of imide groups is 1. The van der Waals surface area contributed by atoms with Crippen molar-refractivity contribution in [3.05, 3.63) is 33.9 Å². The number of hydrogen-bond donors (Lipinski definition) is 2. The second kappa shape index (κ2) is 12.1. The van der Waals surface area contributed by atoms with E-state index in [1.54, 1.807) is 6.92 Å². The summed E-state index contributed by atoms with van der Waals surface area (Å²) in [5, 5.41) is 15.9. The number of urea groups is 1. The molecular formula is C19H27N3O6S. The maximum Gasteiger partial charge on any atom is 0.338 e. The Morgan fingerprint density at radius 1 is 1.24 bits per heavy atom. The number of hydrogen-bond acceptors (Lipinski definition) is 7. The number of amides is 3. The van der Waals surface area contributed by atoms with Crippen molar-refractivity contribution >= 4 is 35.4 Å². The van der Waals surface area contributed by atoms with Crippen molar-refractivity contribution in [3.8, 4) is 0 Å². The van der Waals surface area contributed by atoms with E-state index in [1.807, 2.05) is 12.2 Å². The summed E-state index contributed by atoms with van der Waals surface area (Å²) in [6.07, 6.45) is 1.60. The molecule has 0 bridgehead atoms. The highest BCUT2D eigenvalue weighted by atomic mass is 32.2. The summed E-state index contributed by atoms with van der Waals surface area (Å²) in [7, 11) is 0. The fourth-order valence-electron chi connectivity index (χ4n) is 2.05. The molecule has 0 spiro atoms. The molecule has 29 heavy (non-hydrogen) atoms. The SMILES string of the molecule is CC[C@@H](C)NC(=O)NC(=O)COC(=O)c1ccc(SCCC(C)C)c([N+](=O)[O-])c1. The minimum absolute atomic E-state index is 0.0400. The molecule has 0 saturated heterocycles. The molecule has 2 N–H and O–H groups in total. The molecule has 9 nitrogen and oxygen atoms in total.